The minimum absolute atomic E-state index is 0.0734. The summed E-state index contributed by atoms with van der Waals surface area (Å²) >= 11 is 0. The van der Waals surface area contributed by atoms with Crippen LogP contribution >= 0.6 is 0 Å². The largest absolute Gasteiger partial charge is 0.490 e. The number of nitrogens with one attached hydrogen (secondary N) is 1. The molecule has 1 N–H and O–H groups in total. The highest BCUT2D eigenvalue weighted by Crippen LogP contribution is 2.23. The molecule has 0 radical (unpaired) electrons. The predicted octanol–water partition coefficient (Wildman–Crippen LogP) is 5.41. The summed E-state index contributed by atoms with van der Waals surface area (Å²) in [6, 6.07) is 9.98. The molecule has 2 aromatic carbocycles. The molecule has 0 aliphatic heterocycles. The van der Waals surface area contributed by atoms with Crippen molar-refractivity contribution in [2.24, 2.45) is 0 Å². The van der Waals surface area contributed by atoms with Gasteiger partial charge in [-0.25, -0.2) is 8.78 Å². The number of unbranched alkanes of at least 4 members (excludes halogenated alkanes) is 3. The predicted molar refractivity (Wildman–Crippen MR) is 99.5 cm³/mol. The Kier molecular flexibility index (Phi) is 7.57. The average Bonchev–Trinajstić information content (AvgIpc) is 2.56. The smallest absolute Gasteiger partial charge is 0.221 e. The molecule has 0 saturated heterocycles. The monoisotopic (exact) mass is 361 g/mol. The Morgan fingerprint density at radius 1 is 1.04 bits per heavy atom. The minimum atomic E-state index is -0.648. The minimum Gasteiger partial charge on any atom is -0.490 e. The fourth-order valence-corrected chi connectivity index (χ4v) is 2.79. The molecule has 0 atom stereocenters. The average molecular weight is 361 g/mol. The van der Waals surface area contributed by atoms with Gasteiger partial charge in [-0.1, -0.05) is 25.0 Å². The van der Waals surface area contributed by atoms with E-state index >= 15 is 0 Å². The van der Waals surface area contributed by atoms with E-state index in [0.717, 1.165) is 43.9 Å². The van der Waals surface area contributed by atoms with E-state index in [0.29, 0.717) is 12.2 Å². The molecule has 5 heteroatoms. The SMILES string of the molecule is CC(=O)Nc1ccc(CCCCCCOc2c(C)cc(F)cc2F)cc1. The van der Waals surface area contributed by atoms with Crippen LogP contribution in [0, 0.1) is 18.6 Å². The summed E-state index contributed by atoms with van der Waals surface area (Å²) in [6.07, 6.45) is 4.92. The normalized spacial score (nSPS) is 10.6. The number of carbonyl (C=O) groups is 1. The summed E-state index contributed by atoms with van der Waals surface area (Å²) in [7, 11) is 0. The van der Waals surface area contributed by atoms with Crippen LogP contribution in [0.1, 0.15) is 43.7 Å². The molecule has 0 bridgehead atoms. The molecule has 3 nitrogen and oxygen atoms in total. The van der Waals surface area contributed by atoms with Crippen LogP contribution in [0.2, 0.25) is 0 Å². The number of halogens is 2. The third-order valence-corrected chi connectivity index (χ3v) is 4.07. The lowest BCUT2D eigenvalue weighted by Gasteiger charge is -2.10. The van der Waals surface area contributed by atoms with Crippen molar-refractivity contribution < 1.29 is 18.3 Å². The van der Waals surface area contributed by atoms with Gasteiger partial charge in [-0.3, -0.25) is 4.79 Å². The molecule has 2 aromatic rings. The highest BCUT2D eigenvalue weighted by Gasteiger charge is 2.09. The van der Waals surface area contributed by atoms with E-state index in [1.54, 1.807) is 6.92 Å². The van der Waals surface area contributed by atoms with Gasteiger partial charge in [0, 0.05) is 18.7 Å². The maximum atomic E-state index is 13.6. The number of anilines is 1. The van der Waals surface area contributed by atoms with Crippen molar-refractivity contribution in [1.82, 2.24) is 0 Å². The second-order valence-corrected chi connectivity index (χ2v) is 6.42. The van der Waals surface area contributed by atoms with Crippen molar-refractivity contribution in [2.75, 3.05) is 11.9 Å². The van der Waals surface area contributed by atoms with Gasteiger partial charge >= 0.3 is 0 Å². The highest BCUT2D eigenvalue weighted by atomic mass is 19.1. The Balaban J connectivity index is 1.62. The third-order valence-electron chi connectivity index (χ3n) is 4.07. The molecular formula is C21H25F2NO2. The first kappa shape index (κ1) is 19.9. The van der Waals surface area contributed by atoms with Crippen LogP contribution in [0.25, 0.3) is 0 Å². The van der Waals surface area contributed by atoms with Crippen molar-refractivity contribution in [1.29, 1.82) is 0 Å². The Labute approximate surface area is 153 Å². The van der Waals surface area contributed by atoms with E-state index in [4.69, 9.17) is 4.74 Å². The quantitative estimate of drug-likeness (QED) is 0.606. The zero-order valence-electron chi connectivity index (χ0n) is 15.3. The molecule has 0 aliphatic rings. The van der Waals surface area contributed by atoms with Crippen LogP contribution in [0.15, 0.2) is 36.4 Å². The number of rotatable bonds is 9. The summed E-state index contributed by atoms with van der Waals surface area (Å²) in [5.74, 6) is -1.16. The van der Waals surface area contributed by atoms with Gasteiger partial charge in [0.1, 0.15) is 5.82 Å². The number of hydrogen-bond acceptors (Lipinski definition) is 2. The van der Waals surface area contributed by atoms with Crippen LogP contribution in [0.5, 0.6) is 5.75 Å². The van der Waals surface area contributed by atoms with Crippen molar-refractivity contribution in [2.45, 2.75) is 46.0 Å². The number of amides is 1. The maximum absolute atomic E-state index is 13.6. The van der Waals surface area contributed by atoms with Crippen molar-refractivity contribution in [3.63, 3.8) is 0 Å². The zero-order chi connectivity index (χ0) is 18.9. The summed E-state index contributed by atoms with van der Waals surface area (Å²) in [4.78, 5) is 11.0. The van der Waals surface area contributed by atoms with E-state index in [9.17, 15) is 13.6 Å². The zero-order valence-corrected chi connectivity index (χ0v) is 15.3. The van der Waals surface area contributed by atoms with Crippen molar-refractivity contribution in [3.05, 3.63) is 59.2 Å². The van der Waals surface area contributed by atoms with Gasteiger partial charge in [0.05, 0.1) is 6.61 Å². The Bertz CT molecular complexity index is 706. The first-order chi connectivity index (χ1) is 12.5. The standard InChI is InChI=1S/C21H25F2NO2/c1-15-13-18(22)14-20(23)21(15)26-12-6-4-3-5-7-17-8-10-19(11-9-17)24-16(2)25/h8-11,13-14H,3-7,12H2,1-2H3,(H,24,25). The first-order valence-corrected chi connectivity index (χ1v) is 8.90. The van der Waals surface area contributed by atoms with Gasteiger partial charge < -0.3 is 10.1 Å². The van der Waals surface area contributed by atoms with Crippen LogP contribution in [-0.2, 0) is 11.2 Å². The van der Waals surface area contributed by atoms with Crippen LogP contribution in [0.3, 0.4) is 0 Å². The molecule has 0 fully saturated rings. The summed E-state index contributed by atoms with van der Waals surface area (Å²) in [5.41, 5.74) is 2.52. The van der Waals surface area contributed by atoms with Crippen molar-refractivity contribution >= 4 is 11.6 Å². The molecule has 0 heterocycles. The van der Waals surface area contributed by atoms with Crippen LogP contribution < -0.4 is 10.1 Å². The Morgan fingerprint density at radius 3 is 2.38 bits per heavy atom. The van der Waals surface area contributed by atoms with Crippen molar-refractivity contribution in [3.8, 4) is 5.75 Å². The first-order valence-electron chi connectivity index (χ1n) is 8.90. The number of benzene rings is 2. The number of aryl methyl sites for hydroxylation is 2. The van der Waals surface area contributed by atoms with E-state index in [1.807, 2.05) is 24.3 Å². The molecule has 0 aromatic heterocycles. The van der Waals surface area contributed by atoms with Crippen LogP contribution in [0.4, 0.5) is 14.5 Å². The topological polar surface area (TPSA) is 38.3 Å². The van der Waals surface area contributed by atoms with E-state index in [1.165, 1.54) is 18.6 Å². The van der Waals surface area contributed by atoms with Gasteiger partial charge in [0.25, 0.3) is 0 Å². The second kappa shape index (κ2) is 9.90. The van der Waals surface area contributed by atoms with Gasteiger partial charge in [-0.05, 0) is 55.5 Å². The molecule has 0 spiro atoms. The van der Waals surface area contributed by atoms with E-state index in [-0.39, 0.29) is 11.7 Å². The van der Waals surface area contributed by atoms with Crippen LogP contribution in [-0.4, -0.2) is 12.5 Å². The molecule has 26 heavy (non-hydrogen) atoms. The molecule has 140 valence electrons. The highest BCUT2D eigenvalue weighted by molar-refractivity contribution is 5.88. The molecule has 2 rings (SSSR count). The lowest BCUT2D eigenvalue weighted by atomic mass is 10.1. The third kappa shape index (κ3) is 6.47. The molecular weight excluding hydrogens is 336 g/mol. The Hall–Kier alpha value is -2.43. The van der Waals surface area contributed by atoms with E-state index < -0.39 is 11.6 Å². The lowest BCUT2D eigenvalue weighted by molar-refractivity contribution is -0.114. The Morgan fingerprint density at radius 2 is 1.73 bits per heavy atom. The van der Waals surface area contributed by atoms with Gasteiger partial charge in [0.2, 0.25) is 5.91 Å². The fraction of sp³-hybridized carbons (Fsp3) is 0.381. The molecule has 0 unspecified atom stereocenters. The summed E-state index contributed by atoms with van der Waals surface area (Å²) < 4.78 is 32.1. The number of hydrogen-bond donors (Lipinski definition) is 1. The van der Waals surface area contributed by atoms with E-state index in [2.05, 4.69) is 5.32 Å². The fourth-order valence-electron chi connectivity index (χ4n) is 2.79. The van der Waals surface area contributed by atoms with Gasteiger partial charge in [0.15, 0.2) is 11.6 Å². The lowest BCUT2D eigenvalue weighted by Crippen LogP contribution is -2.05. The number of ether oxygens (including phenoxy) is 1. The molecule has 1 amide bonds. The van der Waals surface area contributed by atoms with Gasteiger partial charge in [-0.15, -0.1) is 0 Å². The second-order valence-electron chi connectivity index (χ2n) is 6.42. The molecule has 0 saturated carbocycles. The number of carbonyl (C=O) groups excluding carboxylic acids is 1. The molecule has 0 aliphatic carbocycles. The summed E-state index contributed by atoms with van der Waals surface area (Å²) in [6.45, 7) is 3.55. The summed E-state index contributed by atoms with van der Waals surface area (Å²) in [5, 5.41) is 2.75. The maximum Gasteiger partial charge on any atom is 0.221 e. The van der Waals surface area contributed by atoms with Gasteiger partial charge in [-0.2, -0.15) is 0 Å².